The SMILES string of the molecule is CC(C)(C)OC(=O)N1CCN(c2ncc(C(=O)Cc3ccncc3Nc3ccc(Cl)cc3)o2)CC1. The van der Waals surface area contributed by atoms with Gasteiger partial charge in [-0.15, -0.1) is 0 Å². The average Bonchev–Trinajstić information content (AvgIpc) is 3.31. The van der Waals surface area contributed by atoms with Crippen LogP contribution in [0.3, 0.4) is 0 Å². The Balaban J connectivity index is 1.36. The number of nitrogens with zero attached hydrogens (tertiary/aromatic N) is 4. The molecule has 3 aromatic rings. The van der Waals surface area contributed by atoms with Gasteiger partial charge in [-0.1, -0.05) is 11.6 Å². The summed E-state index contributed by atoms with van der Waals surface area (Å²) in [5.41, 5.74) is 1.80. The first-order valence-electron chi connectivity index (χ1n) is 11.4. The highest BCUT2D eigenvalue weighted by atomic mass is 35.5. The van der Waals surface area contributed by atoms with Crippen molar-refractivity contribution in [3.63, 3.8) is 0 Å². The van der Waals surface area contributed by atoms with Gasteiger partial charge < -0.3 is 24.3 Å². The molecule has 4 rings (SSSR count). The van der Waals surface area contributed by atoms with Crippen LogP contribution in [0.4, 0.5) is 22.2 Å². The predicted molar refractivity (Wildman–Crippen MR) is 134 cm³/mol. The van der Waals surface area contributed by atoms with Gasteiger partial charge in [0.2, 0.25) is 5.78 Å². The van der Waals surface area contributed by atoms with Crippen molar-refractivity contribution in [2.45, 2.75) is 32.8 Å². The number of Topliss-reactive ketones (excluding diaryl/α,β-unsaturated/α-hetero) is 1. The molecular formula is C25H28ClN5O4. The van der Waals surface area contributed by atoms with Gasteiger partial charge in [0.15, 0.2) is 5.76 Å². The molecule has 184 valence electrons. The molecule has 1 saturated heterocycles. The molecule has 0 spiro atoms. The van der Waals surface area contributed by atoms with Crippen LogP contribution >= 0.6 is 11.6 Å². The maximum absolute atomic E-state index is 12.9. The lowest BCUT2D eigenvalue weighted by Crippen LogP contribution is -2.50. The van der Waals surface area contributed by atoms with Gasteiger partial charge in [0.25, 0.3) is 6.01 Å². The van der Waals surface area contributed by atoms with E-state index in [9.17, 15) is 9.59 Å². The molecule has 2 aromatic heterocycles. The van der Waals surface area contributed by atoms with Crippen LogP contribution in [0.5, 0.6) is 0 Å². The van der Waals surface area contributed by atoms with Crippen LogP contribution in [0.15, 0.2) is 53.3 Å². The van der Waals surface area contributed by atoms with E-state index in [0.717, 1.165) is 16.9 Å². The maximum atomic E-state index is 12.9. The number of hydrogen-bond acceptors (Lipinski definition) is 8. The van der Waals surface area contributed by atoms with Gasteiger partial charge in [-0.05, 0) is 56.7 Å². The summed E-state index contributed by atoms with van der Waals surface area (Å²) >= 11 is 5.96. The fraction of sp³-hybridized carbons (Fsp3) is 0.360. The molecule has 1 fully saturated rings. The van der Waals surface area contributed by atoms with Crippen molar-refractivity contribution in [2.24, 2.45) is 0 Å². The Morgan fingerprint density at radius 1 is 1.09 bits per heavy atom. The van der Waals surface area contributed by atoms with Crippen LogP contribution in [-0.2, 0) is 11.2 Å². The molecular weight excluding hydrogens is 470 g/mol. The fourth-order valence-corrected chi connectivity index (χ4v) is 3.71. The molecule has 0 saturated carbocycles. The minimum absolute atomic E-state index is 0.125. The average molecular weight is 498 g/mol. The Labute approximate surface area is 209 Å². The normalized spacial score (nSPS) is 14.1. The van der Waals surface area contributed by atoms with E-state index in [1.807, 2.05) is 37.8 Å². The first kappa shape index (κ1) is 24.5. The molecule has 1 N–H and O–H groups in total. The number of aromatic nitrogens is 2. The van der Waals surface area contributed by atoms with E-state index < -0.39 is 5.60 Å². The van der Waals surface area contributed by atoms with Crippen LogP contribution in [0.1, 0.15) is 36.9 Å². The summed E-state index contributed by atoms with van der Waals surface area (Å²) in [5.74, 6) is -0.00896. The van der Waals surface area contributed by atoms with Crippen LogP contribution in [0, 0.1) is 0 Å². The molecule has 35 heavy (non-hydrogen) atoms. The second-order valence-corrected chi connectivity index (χ2v) is 9.66. The zero-order chi connectivity index (χ0) is 25.0. The summed E-state index contributed by atoms with van der Waals surface area (Å²) in [4.78, 5) is 37.2. The third-order valence-corrected chi connectivity index (χ3v) is 5.61. The number of oxazole rings is 1. The molecule has 10 heteroatoms. The second-order valence-electron chi connectivity index (χ2n) is 9.23. The lowest BCUT2D eigenvalue weighted by atomic mass is 10.1. The van der Waals surface area contributed by atoms with Crippen LogP contribution in [0.2, 0.25) is 5.02 Å². The van der Waals surface area contributed by atoms with Crippen LogP contribution < -0.4 is 10.2 Å². The number of pyridine rings is 1. The van der Waals surface area contributed by atoms with E-state index in [-0.39, 0.29) is 24.1 Å². The lowest BCUT2D eigenvalue weighted by Gasteiger charge is -2.34. The molecule has 0 atom stereocenters. The minimum Gasteiger partial charge on any atom is -0.444 e. The van der Waals surface area contributed by atoms with Crippen molar-refractivity contribution in [1.29, 1.82) is 0 Å². The van der Waals surface area contributed by atoms with Crippen molar-refractivity contribution in [3.8, 4) is 0 Å². The van der Waals surface area contributed by atoms with Crippen molar-refractivity contribution < 1.29 is 18.7 Å². The van der Waals surface area contributed by atoms with Gasteiger partial charge in [-0.2, -0.15) is 0 Å². The number of hydrogen-bond donors (Lipinski definition) is 1. The first-order valence-corrected chi connectivity index (χ1v) is 11.7. The number of ether oxygens (including phenoxy) is 1. The number of carbonyl (C=O) groups excluding carboxylic acids is 2. The Morgan fingerprint density at radius 2 is 1.80 bits per heavy atom. The molecule has 0 bridgehead atoms. The number of anilines is 3. The minimum atomic E-state index is -0.537. The summed E-state index contributed by atoms with van der Waals surface area (Å²) in [5, 5.41) is 3.91. The zero-order valence-electron chi connectivity index (χ0n) is 20.0. The summed E-state index contributed by atoms with van der Waals surface area (Å²) in [6.45, 7) is 7.56. The van der Waals surface area contributed by atoms with E-state index in [0.29, 0.717) is 37.2 Å². The van der Waals surface area contributed by atoms with E-state index in [1.54, 1.807) is 35.5 Å². The molecule has 1 aliphatic heterocycles. The number of amides is 1. The molecule has 0 radical (unpaired) electrons. The summed E-state index contributed by atoms with van der Waals surface area (Å²) in [6, 6.07) is 9.44. The van der Waals surface area contributed by atoms with E-state index >= 15 is 0 Å². The number of ketones is 1. The van der Waals surface area contributed by atoms with Crippen LogP contribution in [-0.4, -0.2) is 58.5 Å². The van der Waals surface area contributed by atoms with E-state index in [1.165, 1.54) is 6.20 Å². The number of rotatable bonds is 6. The molecule has 3 heterocycles. The highest BCUT2D eigenvalue weighted by Crippen LogP contribution is 2.24. The highest BCUT2D eigenvalue weighted by Gasteiger charge is 2.28. The molecule has 1 amide bonds. The standard InChI is InChI=1S/C25H28ClN5O4/c1-25(2,3)35-24(33)31-12-10-30(11-13-31)23-28-16-22(34-23)21(32)14-17-8-9-27-15-20(17)29-19-6-4-18(26)5-7-19/h4-9,15-16,29H,10-14H2,1-3H3. The Bertz CT molecular complexity index is 1180. The Kier molecular flexibility index (Phi) is 7.25. The monoisotopic (exact) mass is 497 g/mol. The van der Waals surface area contributed by atoms with Gasteiger partial charge in [0.05, 0.1) is 18.1 Å². The van der Waals surface area contributed by atoms with Gasteiger partial charge in [0.1, 0.15) is 5.60 Å². The van der Waals surface area contributed by atoms with Crippen molar-refractivity contribution >= 4 is 40.9 Å². The third kappa shape index (κ3) is 6.51. The van der Waals surface area contributed by atoms with Crippen molar-refractivity contribution in [1.82, 2.24) is 14.9 Å². The second kappa shape index (κ2) is 10.4. The summed E-state index contributed by atoms with van der Waals surface area (Å²) < 4.78 is 11.2. The van der Waals surface area contributed by atoms with E-state index in [4.69, 9.17) is 20.8 Å². The quantitative estimate of drug-likeness (QED) is 0.477. The summed E-state index contributed by atoms with van der Waals surface area (Å²) in [6.07, 6.45) is 4.56. The van der Waals surface area contributed by atoms with Crippen molar-refractivity contribution in [2.75, 3.05) is 36.4 Å². The molecule has 9 nitrogen and oxygen atoms in total. The number of piperazine rings is 1. The largest absolute Gasteiger partial charge is 0.444 e. The molecule has 1 aromatic carbocycles. The molecule has 1 aliphatic rings. The van der Waals surface area contributed by atoms with Gasteiger partial charge >= 0.3 is 6.09 Å². The number of halogens is 1. The zero-order valence-corrected chi connectivity index (χ0v) is 20.7. The topological polar surface area (TPSA) is 101 Å². The maximum Gasteiger partial charge on any atom is 0.410 e. The van der Waals surface area contributed by atoms with Crippen molar-refractivity contribution in [3.05, 3.63) is 65.3 Å². The first-order chi connectivity index (χ1) is 16.7. The summed E-state index contributed by atoms with van der Waals surface area (Å²) in [7, 11) is 0. The highest BCUT2D eigenvalue weighted by molar-refractivity contribution is 6.30. The van der Waals surface area contributed by atoms with E-state index in [2.05, 4.69) is 15.3 Å². The van der Waals surface area contributed by atoms with Gasteiger partial charge in [-0.25, -0.2) is 9.78 Å². The van der Waals surface area contributed by atoms with Gasteiger partial charge in [-0.3, -0.25) is 9.78 Å². The van der Waals surface area contributed by atoms with Crippen LogP contribution in [0.25, 0.3) is 0 Å². The molecule has 0 unspecified atom stereocenters. The third-order valence-electron chi connectivity index (χ3n) is 5.36. The predicted octanol–water partition coefficient (Wildman–Crippen LogP) is 4.95. The Hall–Kier alpha value is -3.59. The number of benzene rings is 1. The molecule has 0 aliphatic carbocycles. The fourth-order valence-electron chi connectivity index (χ4n) is 3.59. The smallest absolute Gasteiger partial charge is 0.410 e. The Morgan fingerprint density at radius 3 is 2.49 bits per heavy atom. The van der Waals surface area contributed by atoms with Gasteiger partial charge in [0, 0.05) is 49.5 Å². The lowest BCUT2D eigenvalue weighted by molar-refractivity contribution is 0.0239. The number of nitrogens with one attached hydrogen (secondary N) is 1. The number of carbonyl (C=O) groups is 2.